The molecule has 0 aliphatic carbocycles. The maximum absolute atomic E-state index is 12.1. The van der Waals surface area contributed by atoms with E-state index in [1.54, 1.807) is 0 Å². The van der Waals surface area contributed by atoms with Gasteiger partial charge in [-0.05, 0) is 0 Å². The van der Waals surface area contributed by atoms with E-state index >= 15 is 0 Å². The predicted molar refractivity (Wildman–Crippen MR) is 125 cm³/mol. The van der Waals surface area contributed by atoms with Gasteiger partial charge in [0.15, 0.2) is 0 Å². The molecule has 2 rings (SSSR count). The number of hydrogen-bond donors (Lipinski definition) is 0. The first-order valence-electron chi connectivity index (χ1n) is 11.3. The number of carbonyl (C=O) groups is 1. The summed E-state index contributed by atoms with van der Waals surface area (Å²) in [6.07, 6.45) is 14.9. The van der Waals surface area contributed by atoms with Crippen molar-refractivity contribution in [3.05, 3.63) is 0 Å². The molecule has 2 heterocycles. The first kappa shape index (κ1) is 22.7. The molecule has 154 valence electrons. The molecule has 0 spiro atoms. The van der Waals surface area contributed by atoms with Gasteiger partial charge in [0.05, 0.1) is 0 Å². The van der Waals surface area contributed by atoms with Crippen LogP contribution in [-0.2, 0) is 4.79 Å². The quantitative estimate of drug-likeness (QED) is 0.292. The molecule has 0 bridgehead atoms. The van der Waals surface area contributed by atoms with E-state index in [-0.39, 0.29) is 5.41 Å². The summed E-state index contributed by atoms with van der Waals surface area (Å²) in [5.74, 6) is 2.14. The van der Waals surface area contributed by atoms with E-state index in [0.29, 0.717) is 9.20 Å². The van der Waals surface area contributed by atoms with Crippen LogP contribution in [0.15, 0.2) is 0 Å². The van der Waals surface area contributed by atoms with Gasteiger partial charge in [-0.15, -0.1) is 0 Å². The molecule has 4 unspecified atom stereocenters. The zero-order valence-electron chi connectivity index (χ0n) is 18.5. The van der Waals surface area contributed by atoms with Gasteiger partial charge in [0.25, 0.3) is 0 Å². The molecule has 0 radical (unpaired) electrons. The molecular formula is C24H45IO. The van der Waals surface area contributed by atoms with E-state index < -0.39 is 19.8 Å². The number of Topliss-reactive ketones (excluding diaryl/α,β-unsaturated/α-hetero) is 1. The van der Waals surface area contributed by atoms with Gasteiger partial charge in [-0.1, -0.05) is 0 Å². The van der Waals surface area contributed by atoms with Crippen LogP contribution in [0, 0.1) is 17.3 Å². The molecule has 2 aliphatic rings. The number of alkyl halides is 3. The number of rotatable bonds is 5. The molecular weight excluding hydrogens is 431 g/mol. The summed E-state index contributed by atoms with van der Waals surface area (Å²) in [7, 11) is 0. The normalized spacial score (nSPS) is 37.0. The Labute approximate surface area is 171 Å². The third-order valence-electron chi connectivity index (χ3n) is 7.37. The summed E-state index contributed by atoms with van der Waals surface area (Å²) < 4.78 is 3.11. The van der Waals surface area contributed by atoms with Gasteiger partial charge in [-0.2, -0.15) is 0 Å². The zero-order valence-corrected chi connectivity index (χ0v) is 20.7. The number of halogens is 1. The Kier molecular flexibility index (Phi) is 8.50. The van der Waals surface area contributed by atoms with Crippen LogP contribution in [0.4, 0.5) is 0 Å². The van der Waals surface area contributed by atoms with Crippen LogP contribution in [-0.4, -0.2) is 17.6 Å². The van der Waals surface area contributed by atoms with E-state index in [1.807, 2.05) is 6.92 Å². The van der Waals surface area contributed by atoms with Gasteiger partial charge in [0.2, 0.25) is 0 Å². The summed E-state index contributed by atoms with van der Waals surface area (Å²) in [5.41, 5.74) is 0.281. The third kappa shape index (κ3) is 5.70. The summed E-state index contributed by atoms with van der Waals surface area (Å²) >= 11 is -1.05. The molecule has 4 atom stereocenters. The van der Waals surface area contributed by atoms with E-state index in [9.17, 15) is 4.79 Å². The Morgan fingerprint density at radius 1 is 1.08 bits per heavy atom. The fourth-order valence-corrected chi connectivity index (χ4v) is 16.4. The van der Waals surface area contributed by atoms with Crippen LogP contribution in [0.2, 0.25) is 0 Å². The van der Waals surface area contributed by atoms with Crippen molar-refractivity contribution in [2.24, 2.45) is 17.3 Å². The zero-order chi connectivity index (χ0) is 19.4. The molecule has 1 nitrogen and oxygen atoms in total. The van der Waals surface area contributed by atoms with Gasteiger partial charge in [-0.25, -0.2) is 0 Å². The average molecular weight is 477 g/mol. The third-order valence-corrected chi connectivity index (χ3v) is 16.8. The second kappa shape index (κ2) is 9.74. The van der Waals surface area contributed by atoms with Crippen LogP contribution < -0.4 is 0 Å². The van der Waals surface area contributed by atoms with Crippen LogP contribution in [0.25, 0.3) is 0 Å². The number of unbranched alkanes of at least 4 members (excludes halogenated alkanes) is 1. The monoisotopic (exact) mass is 476 g/mol. The van der Waals surface area contributed by atoms with Crippen molar-refractivity contribution in [3.63, 3.8) is 0 Å². The topological polar surface area (TPSA) is 17.1 Å². The fraction of sp³-hybridized carbons (Fsp3) is 0.958. The van der Waals surface area contributed by atoms with Crippen LogP contribution in [0.5, 0.6) is 0 Å². The summed E-state index contributed by atoms with van der Waals surface area (Å²) in [4.78, 5) is 12.1. The Morgan fingerprint density at radius 2 is 1.81 bits per heavy atom. The molecule has 2 aliphatic heterocycles. The fourth-order valence-electron chi connectivity index (χ4n) is 5.72. The molecule has 2 fully saturated rings. The molecule has 0 amide bonds. The number of hydrogen-bond acceptors (Lipinski definition) is 1. The Bertz CT molecular complexity index is 457. The van der Waals surface area contributed by atoms with Crippen molar-refractivity contribution in [2.75, 3.05) is 4.43 Å². The molecule has 26 heavy (non-hydrogen) atoms. The van der Waals surface area contributed by atoms with Crippen molar-refractivity contribution in [3.8, 4) is 0 Å². The Hall–Kier alpha value is 0.400. The number of fused-ring (bicyclic) bond motifs is 1. The van der Waals surface area contributed by atoms with Gasteiger partial charge in [0, 0.05) is 0 Å². The van der Waals surface area contributed by atoms with Crippen molar-refractivity contribution in [1.82, 2.24) is 0 Å². The van der Waals surface area contributed by atoms with Crippen molar-refractivity contribution in [1.29, 1.82) is 0 Å². The molecule has 0 N–H and O–H groups in total. The summed E-state index contributed by atoms with van der Waals surface area (Å²) in [6.45, 7) is 14.4. The van der Waals surface area contributed by atoms with E-state index in [1.165, 1.54) is 68.6 Å². The van der Waals surface area contributed by atoms with Crippen LogP contribution in [0.1, 0.15) is 112 Å². The molecule has 0 aromatic heterocycles. The number of ketones is 1. The van der Waals surface area contributed by atoms with Gasteiger partial charge in [-0.3, -0.25) is 0 Å². The number of carbonyl (C=O) groups excluding carboxylic acids is 1. The van der Waals surface area contributed by atoms with Crippen LogP contribution in [0.3, 0.4) is 0 Å². The molecule has 2 heteroatoms. The SMILES string of the molecule is CCCCC1C2CCC(C)CCCCC(C)(C)I2CCC1(C)CC(C)=O. The first-order chi connectivity index (χ1) is 12.2. The second-order valence-corrected chi connectivity index (χ2v) is 18.1. The van der Waals surface area contributed by atoms with Crippen molar-refractivity contribution in [2.45, 2.75) is 120 Å². The Balaban J connectivity index is 2.33. The molecule has 0 aromatic carbocycles. The first-order valence-corrected chi connectivity index (χ1v) is 15.2. The van der Waals surface area contributed by atoms with Crippen molar-refractivity contribution < 1.29 is 4.79 Å². The predicted octanol–water partition coefficient (Wildman–Crippen LogP) is 7.83. The van der Waals surface area contributed by atoms with Gasteiger partial charge in [0.1, 0.15) is 0 Å². The van der Waals surface area contributed by atoms with Crippen LogP contribution >= 0.6 is 19.8 Å². The van der Waals surface area contributed by atoms with E-state index in [2.05, 4.69) is 34.6 Å². The van der Waals surface area contributed by atoms with E-state index in [0.717, 1.165) is 22.2 Å². The second-order valence-electron chi connectivity index (χ2n) is 10.3. The average Bonchev–Trinajstić information content (AvgIpc) is 2.54. The maximum atomic E-state index is 12.1. The Morgan fingerprint density at radius 3 is 2.46 bits per heavy atom. The standard InChI is InChI=1S/C24H45IO/c1-7-8-12-21-22-14-13-19(2)11-9-10-15-23(4,5)25(22)17-16-24(21,6)18-20(3)26/h19,21-22H,7-18H2,1-6H3. The molecule has 0 saturated carbocycles. The minimum absolute atomic E-state index is 0.281. The molecule has 2 saturated heterocycles. The summed E-state index contributed by atoms with van der Waals surface area (Å²) in [5, 5.41) is 0. The molecule has 0 aromatic rings. The summed E-state index contributed by atoms with van der Waals surface area (Å²) in [6, 6.07) is 0. The van der Waals surface area contributed by atoms with Gasteiger partial charge < -0.3 is 0 Å². The van der Waals surface area contributed by atoms with Crippen molar-refractivity contribution >= 4 is 25.6 Å². The van der Waals surface area contributed by atoms with E-state index in [4.69, 9.17) is 0 Å². The minimum atomic E-state index is -1.05. The van der Waals surface area contributed by atoms with Gasteiger partial charge >= 0.3 is 172 Å².